The molecule has 0 bridgehead atoms. The standard InChI is InChI=1S/C25H34FN3O4S/c1-5-19(2)27-25(31)20(3)28(18-21-13-15-22(26)16-14-21)24(30)12-9-17-29(34(4,32)33)23-10-7-6-8-11-23/h6-8,10-11,13-16,19-20H,5,9,12,17-18H2,1-4H3,(H,27,31)/t19-,20+/m1/s1. The predicted molar refractivity (Wildman–Crippen MR) is 132 cm³/mol. The summed E-state index contributed by atoms with van der Waals surface area (Å²) >= 11 is 0. The number of anilines is 1. The first kappa shape index (κ1) is 27.3. The number of nitrogens with zero attached hydrogens (tertiary/aromatic N) is 2. The summed E-state index contributed by atoms with van der Waals surface area (Å²) in [5.41, 5.74) is 1.22. The molecule has 2 amide bonds. The molecular formula is C25H34FN3O4S. The zero-order valence-corrected chi connectivity index (χ0v) is 21.0. The van der Waals surface area contributed by atoms with Gasteiger partial charge in [-0.25, -0.2) is 12.8 Å². The van der Waals surface area contributed by atoms with Crippen LogP contribution in [-0.4, -0.2) is 50.0 Å². The largest absolute Gasteiger partial charge is 0.352 e. The van der Waals surface area contributed by atoms with E-state index in [0.29, 0.717) is 11.3 Å². The van der Waals surface area contributed by atoms with Crippen LogP contribution in [0.1, 0.15) is 45.6 Å². The Labute approximate surface area is 202 Å². The number of halogens is 1. The quantitative estimate of drug-likeness (QED) is 0.491. The van der Waals surface area contributed by atoms with E-state index in [1.807, 2.05) is 13.8 Å². The molecule has 0 aliphatic rings. The molecule has 2 aromatic rings. The van der Waals surface area contributed by atoms with E-state index in [1.54, 1.807) is 49.4 Å². The van der Waals surface area contributed by atoms with Crippen LogP contribution >= 0.6 is 0 Å². The second-order valence-electron chi connectivity index (χ2n) is 8.42. The van der Waals surface area contributed by atoms with Crippen LogP contribution in [0.3, 0.4) is 0 Å². The summed E-state index contributed by atoms with van der Waals surface area (Å²) in [7, 11) is -3.53. The number of hydrogen-bond acceptors (Lipinski definition) is 4. The molecule has 1 N–H and O–H groups in total. The van der Waals surface area contributed by atoms with E-state index in [2.05, 4.69) is 5.32 Å². The van der Waals surface area contributed by atoms with E-state index in [0.717, 1.165) is 12.7 Å². The van der Waals surface area contributed by atoms with Crippen LogP contribution in [0, 0.1) is 5.82 Å². The van der Waals surface area contributed by atoms with Gasteiger partial charge in [-0.05, 0) is 56.5 Å². The number of rotatable bonds is 12. The number of nitrogens with one attached hydrogen (secondary N) is 1. The molecule has 0 fully saturated rings. The molecule has 0 radical (unpaired) electrons. The molecule has 186 valence electrons. The summed E-state index contributed by atoms with van der Waals surface area (Å²) in [4.78, 5) is 27.4. The molecule has 7 nitrogen and oxygen atoms in total. The third-order valence-electron chi connectivity index (χ3n) is 5.63. The van der Waals surface area contributed by atoms with Gasteiger partial charge in [0.2, 0.25) is 21.8 Å². The number of carbonyl (C=O) groups excluding carboxylic acids is 2. The first-order chi connectivity index (χ1) is 16.0. The van der Waals surface area contributed by atoms with Crippen LogP contribution in [-0.2, 0) is 26.2 Å². The zero-order valence-electron chi connectivity index (χ0n) is 20.2. The average Bonchev–Trinajstić information content (AvgIpc) is 2.80. The highest BCUT2D eigenvalue weighted by molar-refractivity contribution is 7.92. The molecule has 0 heterocycles. The van der Waals surface area contributed by atoms with Crippen molar-refractivity contribution in [2.75, 3.05) is 17.1 Å². The number of para-hydroxylation sites is 1. The van der Waals surface area contributed by atoms with Crippen LogP contribution in [0.15, 0.2) is 54.6 Å². The fourth-order valence-corrected chi connectivity index (χ4v) is 4.40. The molecule has 0 spiro atoms. The number of sulfonamides is 1. The van der Waals surface area contributed by atoms with Gasteiger partial charge in [0, 0.05) is 25.6 Å². The fourth-order valence-electron chi connectivity index (χ4n) is 3.43. The molecule has 2 atom stereocenters. The van der Waals surface area contributed by atoms with Crippen LogP contribution in [0.25, 0.3) is 0 Å². The van der Waals surface area contributed by atoms with Crippen molar-refractivity contribution in [3.05, 3.63) is 66.0 Å². The average molecular weight is 492 g/mol. The summed E-state index contributed by atoms with van der Waals surface area (Å²) in [6, 6.07) is 13.7. The Bertz CT molecular complexity index is 1050. The van der Waals surface area contributed by atoms with Crippen LogP contribution in [0.2, 0.25) is 0 Å². The van der Waals surface area contributed by atoms with Crippen molar-refractivity contribution in [1.82, 2.24) is 10.2 Å². The van der Waals surface area contributed by atoms with E-state index in [-0.39, 0.29) is 49.6 Å². The van der Waals surface area contributed by atoms with Gasteiger partial charge in [0.05, 0.1) is 11.9 Å². The SMILES string of the molecule is CC[C@@H](C)NC(=O)[C@H](C)N(Cc1ccc(F)cc1)C(=O)CCCN(c1ccccc1)S(C)(=O)=O. The lowest BCUT2D eigenvalue weighted by Gasteiger charge is -2.30. The van der Waals surface area contributed by atoms with Gasteiger partial charge in [0.25, 0.3) is 0 Å². The normalized spacial score (nSPS) is 13.1. The number of amides is 2. The van der Waals surface area contributed by atoms with Gasteiger partial charge in [-0.1, -0.05) is 37.3 Å². The first-order valence-electron chi connectivity index (χ1n) is 11.4. The minimum absolute atomic E-state index is 0.0353. The van der Waals surface area contributed by atoms with Crippen LogP contribution in [0.5, 0.6) is 0 Å². The molecule has 0 aliphatic carbocycles. The highest BCUT2D eigenvalue weighted by Gasteiger charge is 2.27. The van der Waals surface area contributed by atoms with Gasteiger partial charge in [0.1, 0.15) is 11.9 Å². The molecule has 2 rings (SSSR count). The van der Waals surface area contributed by atoms with E-state index < -0.39 is 16.1 Å². The van der Waals surface area contributed by atoms with Gasteiger partial charge >= 0.3 is 0 Å². The zero-order chi connectivity index (χ0) is 25.3. The number of carbonyl (C=O) groups is 2. The lowest BCUT2D eigenvalue weighted by atomic mass is 10.1. The molecule has 2 aromatic carbocycles. The summed E-state index contributed by atoms with van der Waals surface area (Å²) in [5, 5.41) is 2.89. The summed E-state index contributed by atoms with van der Waals surface area (Å²) in [6.07, 6.45) is 2.22. The van der Waals surface area contributed by atoms with Gasteiger partial charge < -0.3 is 10.2 Å². The van der Waals surface area contributed by atoms with E-state index in [4.69, 9.17) is 0 Å². The Morgan fingerprint density at radius 2 is 1.65 bits per heavy atom. The molecule has 34 heavy (non-hydrogen) atoms. The summed E-state index contributed by atoms with van der Waals surface area (Å²) in [6.45, 7) is 5.78. The Balaban J connectivity index is 2.14. The van der Waals surface area contributed by atoms with Crippen LogP contribution in [0.4, 0.5) is 10.1 Å². The Kier molecular flexibility index (Phi) is 10.0. The summed E-state index contributed by atoms with van der Waals surface area (Å²) < 4.78 is 39.2. The third-order valence-corrected chi connectivity index (χ3v) is 6.82. The molecule has 0 aromatic heterocycles. The maximum absolute atomic E-state index is 13.3. The Morgan fingerprint density at radius 3 is 2.21 bits per heavy atom. The maximum Gasteiger partial charge on any atom is 0.242 e. The monoisotopic (exact) mass is 491 g/mol. The third kappa shape index (κ3) is 8.13. The molecule has 0 saturated heterocycles. The highest BCUT2D eigenvalue weighted by Crippen LogP contribution is 2.19. The second-order valence-corrected chi connectivity index (χ2v) is 10.3. The van der Waals surface area contributed by atoms with Gasteiger partial charge in [0.15, 0.2) is 0 Å². The number of benzene rings is 2. The van der Waals surface area contributed by atoms with Crippen molar-refractivity contribution in [2.24, 2.45) is 0 Å². The minimum atomic E-state index is -3.53. The van der Waals surface area contributed by atoms with Gasteiger partial charge in [-0.2, -0.15) is 0 Å². The van der Waals surface area contributed by atoms with Crippen molar-refractivity contribution in [1.29, 1.82) is 0 Å². The molecule has 0 aliphatic heterocycles. The van der Waals surface area contributed by atoms with E-state index in [1.165, 1.54) is 21.3 Å². The second kappa shape index (κ2) is 12.5. The highest BCUT2D eigenvalue weighted by atomic mass is 32.2. The van der Waals surface area contributed by atoms with E-state index >= 15 is 0 Å². The first-order valence-corrected chi connectivity index (χ1v) is 13.2. The van der Waals surface area contributed by atoms with Crippen molar-refractivity contribution in [3.63, 3.8) is 0 Å². The van der Waals surface area contributed by atoms with Gasteiger partial charge in [-0.15, -0.1) is 0 Å². The fraction of sp³-hybridized carbons (Fsp3) is 0.440. The Hall–Kier alpha value is -2.94. The van der Waals surface area contributed by atoms with Gasteiger partial charge in [-0.3, -0.25) is 13.9 Å². The smallest absolute Gasteiger partial charge is 0.242 e. The maximum atomic E-state index is 13.3. The minimum Gasteiger partial charge on any atom is -0.352 e. The molecule has 9 heteroatoms. The van der Waals surface area contributed by atoms with E-state index in [9.17, 15) is 22.4 Å². The van der Waals surface area contributed by atoms with Crippen molar-refractivity contribution >= 4 is 27.5 Å². The summed E-state index contributed by atoms with van der Waals surface area (Å²) in [5.74, 6) is -0.935. The molecule has 0 unspecified atom stereocenters. The van der Waals surface area contributed by atoms with Crippen molar-refractivity contribution in [3.8, 4) is 0 Å². The number of hydrogen-bond donors (Lipinski definition) is 1. The molecular weight excluding hydrogens is 457 g/mol. The van der Waals surface area contributed by atoms with Crippen LogP contribution < -0.4 is 9.62 Å². The Morgan fingerprint density at radius 1 is 1.03 bits per heavy atom. The predicted octanol–water partition coefficient (Wildman–Crippen LogP) is 3.70. The lowest BCUT2D eigenvalue weighted by Crippen LogP contribution is -2.49. The topological polar surface area (TPSA) is 86.8 Å². The molecule has 0 saturated carbocycles. The van der Waals surface area contributed by atoms with Crippen molar-refractivity contribution in [2.45, 2.75) is 58.7 Å². The van der Waals surface area contributed by atoms with Crippen molar-refractivity contribution < 1.29 is 22.4 Å². The lowest BCUT2D eigenvalue weighted by molar-refractivity contribution is -0.140.